The highest BCUT2D eigenvalue weighted by molar-refractivity contribution is 7.45. The molecular formula is C5H10NO2P. The number of carbonyl (C=O) groups is 1. The van der Waals surface area contributed by atoms with Gasteiger partial charge in [-0.25, -0.2) is 0 Å². The van der Waals surface area contributed by atoms with Crippen LogP contribution in [0.25, 0.3) is 0 Å². The second-order valence-corrected chi connectivity index (χ2v) is 1.98. The smallest absolute Gasteiger partial charge is 0.195 e. The van der Waals surface area contributed by atoms with Crippen molar-refractivity contribution in [3.63, 3.8) is 0 Å². The summed E-state index contributed by atoms with van der Waals surface area (Å²) in [6.45, 7) is 3.91. The highest BCUT2D eigenvalue weighted by Gasteiger charge is 1.95. The lowest BCUT2D eigenvalue weighted by molar-refractivity contribution is -0.105. The van der Waals surface area contributed by atoms with Crippen LogP contribution in [0.2, 0.25) is 0 Å². The lowest BCUT2D eigenvalue weighted by Crippen LogP contribution is -2.01. The predicted molar refractivity (Wildman–Crippen MR) is 39.5 cm³/mol. The largest absolute Gasteiger partial charge is 0.396 e. The molecule has 0 spiro atoms. The molecule has 0 heterocycles. The molecule has 0 bridgehead atoms. The van der Waals surface area contributed by atoms with E-state index in [4.69, 9.17) is 0 Å². The zero-order chi connectivity index (χ0) is 7.28. The Morgan fingerprint density at radius 3 is 2.67 bits per heavy atom. The van der Waals surface area contributed by atoms with Crippen LogP contribution in [0.5, 0.6) is 0 Å². The standard InChI is InChI=1S/C5H10NO2P/c1-3-8-6-4(2)5(7)9/h3,9H2,1-2H3. The Morgan fingerprint density at radius 2 is 2.33 bits per heavy atom. The van der Waals surface area contributed by atoms with Crippen molar-refractivity contribution in [2.75, 3.05) is 6.61 Å². The minimum absolute atomic E-state index is 0.136. The van der Waals surface area contributed by atoms with Crippen LogP contribution in [0, 0.1) is 0 Å². The van der Waals surface area contributed by atoms with Gasteiger partial charge in [-0.05, 0) is 13.8 Å². The van der Waals surface area contributed by atoms with Crippen LogP contribution < -0.4 is 0 Å². The maximum Gasteiger partial charge on any atom is 0.195 e. The summed E-state index contributed by atoms with van der Waals surface area (Å²) in [6, 6.07) is 0. The molecule has 52 valence electrons. The number of oxime groups is 1. The second-order valence-electron chi connectivity index (χ2n) is 1.46. The summed E-state index contributed by atoms with van der Waals surface area (Å²) >= 11 is 0. The normalized spacial score (nSPS) is 11.2. The van der Waals surface area contributed by atoms with E-state index >= 15 is 0 Å². The number of nitrogens with zero attached hydrogens (tertiary/aromatic N) is 1. The Kier molecular flexibility index (Phi) is 4.24. The van der Waals surface area contributed by atoms with Crippen molar-refractivity contribution < 1.29 is 9.63 Å². The number of carbonyl (C=O) groups excluding carboxylic acids is 1. The fourth-order valence-electron chi connectivity index (χ4n) is 0.206. The molecule has 0 aromatic rings. The van der Waals surface area contributed by atoms with Gasteiger partial charge >= 0.3 is 0 Å². The average Bonchev–Trinajstić information content (AvgIpc) is 1.82. The first-order chi connectivity index (χ1) is 4.18. The van der Waals surface area contributed by atoms with E-state index < -0.39 is 0 Å². The van der Waals surface area contributed by atoms with Crippen LogP contribution in [0.1, 0.15) is 13.8 Å². The fraction of sp³-hybridized carbons (Fsp3) is 0.600. The molecule has 0 aliphatic rings. The summed E-state index contributed by atoms with van der Waals surface area (Å²) in [5, 5.41) is 3.49. The Morgan fingerprint density at radius 1 is 1.78 bits per heavy atom. The van der Waals surface area contributed by atoms with E-state index in [-0.39, 0.29) is 5.52 Å². The molecule has 0 saturated carbocycles. The van der Waals surface area contributed by atoms with Crippen LogP contribution in [0.4, 0.5) is 0 Å². The minimum Gasteiger partial charge on any atom is -0.396 e. The molecule has 0 aliphatic heterocycles. The Labute approximate surface area is 56.7 Å². The molecule has 9 heavy (non-hydrogen) atoms. The van der Waals surface area contributed by atoms with Gasteiger partial charge in [-0.3, -0.25) is 4.79 Å². The molecule has 0 saturated heterocycles. The monoisotopic (exact) mass is 147 g/mol. The first-order valence-electron chi connectivity index (χ1n) is 2.64. The number of rotatable bonds is 3. The van der Waals surface area contributed by atoms with Crippen molar-refractivity contribution in [3.8, 4) is 0 Å². The van der Waals surface area contributed by atoms with Crippen molar-refractivity contribution in [2.24, 2.45) is 5.16 Å². The van der Waals surface area contributed by atoms with Gasteiger partial charge in [0.25, 0.3) is 0 Å². The lowest BCUT2D eigenvalue weighted by Gasteiger charge is -1.92. The van der Waals surface area contributed by atoms with Gasteiger partial charge in [0.2, 0.25) is 0 Å². The fourth-order valence-corrected chi connectivity index (χ4v) is 0.259. The zero-order valence-corrected chi connectivity index (χ0v) is 6.70. The Balaban J connectivity index is 3.69. The van der Waals surface area contributed by atoms with Crippen LogP contribution >= 0.6 is 9.24 Å². The molecule has 0 amide bonds. The molecule has 0 radical (unpaired) electrons. The van der Waals surface area contributed by atoms with E-state index in [0.29, 0.717) is 12.3 Å². The maximum atomic E-state index is 10.4. The SMILES string of the molecule is CCON=C(C)C(=O)P. The van der Waals surface area contributed by atoms with E-state index in [1.165, 1.54) is 0 Å². The first-order valence-corrected chi connectivity index (χ1v) is 3.22. The molecule has 0 aromatic heterocycles. The van der Waals surface area contributed by atoms with Gasteiger partial charge in [0.05, 0.1) is 0 Å². The van der Waals surface area contributed by atoms with Crippen LogP contribution in [0.3, 0.4) is 0 Å². The quantitative estimate of drug-likeness (QED) is 0.336. The third kappa shape index (κ3) is 4.10. The molecule has 0 rings (SSSR count). The van der Waals surface area contributed by atoms with E-state index in [1.807, 2.05) is 16.2 Å². The molecule has 4 heteroatoms. The van der Waals surface area contributed by atoms with Crippen molar-refractivity contribution in [2.45, 2.75) is 13.8 Å². The third-order valence-electron chi connectivity index (χ3n) is 0.687. The minimum atomic E-state index is -0.136. The summed E-state index contributed by atoms with van der Waals surface area (Å²) in [7, 11) is 2.02. The van der Waals surface area contributed by atoms with E-state index in [1.54, 1.807) is 6.92 Å². The van der Waals surface area contributed by atoms with Crippen LogP contribution in [-0.2, 0) is 9.63 Å². The van der Waals surface area contributed by atoms with E-state index in [9.17, 15) is 4.79 Å². The van der Waals surface area contributed by atoms with Crippen LogP contribution in [-0.4, -0.2) is 17.8 Å². The summed E-state index contributed by atoms with van der Waals surface area (Å²) in [6.07, 6.45) is 0. The van der Waals surface area contributed by atoms with Crippen molar-refractivity contribution in [1.29, 1.82) is 0 Å². The lowest BCUT2D eigenvalue weighted by atomic mass is 10.5. The van der Waals surface area contributed by atoms with Gasteiger partial charge in [0.15, 0.2) is 5.52 Å². The predicted octanol–water partition coefficient (Wildman–Crippen LogP) is 0.800. The number of hydrogen-bond donors (Lipinski definition) is 0. The molecular weight excluding hydrogens is 137 g/mol. The average molecular weight is 147 g/mol. The van der Waals surface area contributed by atoms with E-state index in [0.717, 1.165) is 0 Å². The second kappa shape index (κ2) is 4.45. The highest BCUT2D eigenvalue weighted by Crippen LogP contribution is 1.89. The topological polar surface area (TPSA) is 38.7 Å². The van der Waals surface area contributed by atoms with Crippen LogP contribution in [0.15, 0.2) is 5.16 Å². The van der Waals surface area contributed by atoms with Gasteiger partial charge < -0.3 is 4.84 Å². The molecule has 1 atom stereocenters. The Bertz CT molecular complexity index is 133. The molecule has 0 fully saturated rings. The third-order valence-corrected chi connectivity index (χ3v) is 1.10. The number of hydrogen-bond acceptors (Lipinski definition) is 3. The Hall–Kier alpha value is -0.430. The first kappa shape index (κ1) is 8.57. The maximum absolute atomic E-state index is 10.4. The summed E-state index contributed by atoms with van der Waals surface area (Å²) in [5.74, 6) is 0. The molecule has 0 aromatic carbocycles. The van der Waals surface area contributed by atoms with Gasteiger partial charge in [-0.2, -0.15) is 0 Å². The highest BCUT2D eigenvalue weighted by atomic mass is 31.0. The molecule has 1 unspecified atom stereocenters. The van der Waals surface area contributed by atoms with Crippen molar-refractivity contribution in [1.82, 2.24) is 0 Å². The van der Waals surface area contributed by atoms with Gasteiger partial charge in [-0.1, -0.05) is 14.4 Å². The van der Waals surface area contributed by atoms with E-state index in [2.05, 4.69) is 9.99 Å². The molecule has 0 N–H and O–H groups in total. The van der Waals surface area contributed by atoms with Crippen molar-refractivity contribution >= 4 is 20.5 Å². The summed E-state index contributed by atoms with van der Waals surface area (Å²) < 4.78 is 0. The van der Waals surface area contributed by atoms with Gasteiger partial charge in [0, 0.05) is 0 Å². The summed E-state index contributed by atoms with van der Waals surface area (Å²) in [5.41, 5.74) is 0.241. The molecule has 0 aliphatic carbocycles. The molecule has 3 nitrogen and oxygen atoms in total. The van der Waals surface area contributed by atoms with Gasteiger partial charge in [0.1, 0.15) is 12.3 Å². The van der Waals surface area contributed by atoms with Crippen molar-refractivity contribution in [3.05, 3.63) is 0 Å². The zero-order valence-electron chi connectivity index (χ0n) is 5.55. The van der Waals surface area contributed by atoms with Gasteiger partial charge in [-0.15, -0.1) is 0 Å². The summed E-state index contributed by atoms with van der Waals surface area (Å²) in [4.78, 5) is 15.0.